The van der Waals surface area contributed by atoms with Crippen LogP contribution in [0.2, 0.25) is 0 Å². The SMILES string of the molecule is C[P+]1(Br)CCCCC1. The lowest BCUT2D eigenvalue weighted by Crippen LogP contribution is -2.02. The highest BCUT2D eigenvalue weighted by Gasteiger charge is 2.30. The van der Waals surface area contributed by atoms with Crippen molar-refractivity contribution in [3.05, 3.63) is 0 Å². The van der Waals surface area contributed by atoms with Gasteiger partial charge in [-0.2, -0.15) is 0 Å². The Balaban J connectivity index is 2.33. The van der Waals surface area contributed by atoms with E-state index in [0.717, 1.165) is 0 Å². The van der Waals surface area contributed by atoms with E-state index in [1.165, 1.54) is 31.6 Å². The molecule has 0 saturated carbocycles. The average Bonchev–Trinajstić information content (AvgIpc) is 1.65. The molecule has 1 fully saturated rings. The molecule has 1 saturated heterocycles. The van der Waals surface area contributed by atoms with Crippen LogP contribution in [0.15, 0.2) is 0 Å². The molecule has 0 bridgehead atoms. The van der Waals surface area contributed by atoms with Gasteiger partial charge in [0.2, 0.25) is 0 Å². The second kappa shape index (κ2) is 2.66. The first-order valence-electron chi connectivity index (χ1n) is 3.25. The normalized spacial score (nSPS) is 27.8. The Hall–Kier alpha value is 0.910. The number of hydrogen-bond donors (Lipinski definition) is 0. The van der Waals surface area contributed by atoms with Gasteiger partial charge in [0.15, 0.2) is 0 Å². The molecule has 0 aromatic carbocycles. The van der Waals surface area contributed by atoms with Crippen molar-refractivity contribution < 1.29 is 0 Å². The first-order valence-corrected chi connectivity index (χ1v) is 7.87. The van der Waals surface area contributed by atoms with Gasteiger partial charge in [-0.1, -0.05) is 0 Å². The third-order valence-corrected chi connectivity index (χ3v) is 6.37. The fourth-order valence-corrected chi connectivity index (χ4v) is 4.67. The molecule has 1 heterocycles. The van der Waals surface area contributed by atoms with Gasteiger partial charge in [-0.25, -0.2) is 0 Å². The summed E-state index contributed by atoms with van der Waals surface area (Å²) in [5, 5.41) is 0. The van der Waals surface area contributed by atoms with Gasteiger partial charge in [0, 0.05) is 0 Å². The minimum absolute atomic E-state index is 0.524. The molecule has 0 amide bonds. The summed E-state index contributed by atoms with van der Waals surface area (Å²) in [4.78, 5) is 0. The molecule has 1 aliphatic heterocycles. The molecule has 0 unspecified atom stereocenters. The molecule has 0 atom stereocenters. The summed E-state index contributed by atoms with van der Waals surface area (Å²) in [5.74, 6) is -0.524. The lowest BCUT2D eigenvalue weighted by atomic mass is 10.3. The first kappa shape index (κ1) is 7.02. The minimum atomic E-state index is -0.524. The van der Waals surface area contributed by atoms with Crippen molar-refractivity contribution in [2.75, 3.05) is 19.0 Å². The van der Waals surface area contributed by atoms with Crippen LogP contribution in [0.1, 0.15) is 19.3 Å². The van der Waals surface area contributed by atoms with Crippen molar-refractivity contribution in [3.8, 4) is 0 Å². The molecule has 1 rings (SSSR count). The van der Waals surface area contributed by atoms with E-state index in [1.54, 1.807) is 0 Å². The Morgan fingerprint density at radius 2 is 1.62 bits per heavy atom. The Kier molecular flexibility index (Phi) is 2.34. The molecule has 0 nitrogen and oxygen atoms in total. The zero-order chi connectivity index (χ0) is 6.04. The van der Waals surface area contributed by atoms with E-state index in [-0.39, 0.29) is 0 Å². The van der Waals surface area contributed by atoms with Gasteiger partial charge in [-0.05, 0) is 19.3 Å². The molecule has 0 spiro atoms. The van der Waals surface area contributed by atoms with Crippen LogP contribution < -0.4 is 0 Å². The Labute approximate surface area is 60.1 Å². The summed E-state index contributed by atoms with van der Waals surface area (Å²) >= 11 is 3.80. The van der Waals surface area contributed by atoms with Gasteiger partial charge >= 0.3 is 0 Å². The topological polar surface area (TPSA) is 0 Å². The number of hydrogen-bond acceptors (Lipinski definition) is 0. The number of halogens is 1. The Morgan fingerprint density at radius 3 is 1.88 bits per heavy atom. The highest BCUT2D eigenvalue weighted by Crippen LogP contribution is 2.65. The van der Waals surface area contributed by atoms with Gasteiger partial charge in [0.1, 0.15) is 15.5 Å². The maximum Gasteiger partial charge on any atom is 0.138 e. The molecule has 0 aromatic heterocycles. The maximum absolute atomic E-state index is 3.80. The van der Waals surface area contributed by atoms with Crippen molar-refractivity contribution >= 4 is 21.5 Å². The highest BCUT2D eigenvalue weighted by molar-refractivity contribution is 9.42. The van der Waals surface area contributed by atoms with Gasteiger partial charge in [-0.3, -0.25) is 0 Å². The van der Waals surface area contributed by atoms with Crippen LogP contribution in [0, 0.1) is 0 Å². The van der Waals surface area contributed by atoms with Crippen LogP contribution in [-0.4, -0.2) is 19.0 Å². The summed E-state index contributed by atoms with van der Waals surface area (Å²) < 4.78 is 0. The summed E-state index contributed by atoms with van der Waals surface area (Å²) in [6.45, 7) is 2.41. The molecule has 0 aliphatic carbocycles. The molecule has 0 radical (unpaired) electrons. The van der Waals surface area contributed by atoms with E-state index < -0.39 is 5.96 Å². The van der Waals surface area contributed by atoms with Crippen molar-refractivity contribution in [1.29, 1.82) is 0 Å². The molecular weight excluding hydrogens is 183 g/mol. The molecule has 0 N–H and O–H groups in total. The Bertz CT molecular complexity index is 72.6. The number of rotatable bonds is 0. The predicted molar refractivity (Wildman–Crippen MR) is 45.4 cm³/mol. The van der Waals surface area contributed by atoms with Crippen LogP contribution in [0.5, 0.6) is 0 Å². The van der Waals surface area contributed by atoms with E-state index in [0.29, 0.717) is 0 Å². The van der Waals surface area contributed by atoms with Crippen molar-refractivity contribution in [2.24, 2.45) is 0 Å². The first-order chi connectivity index (χ1) is 3.71. The van der Waals surface area contributed by atoms with E-state index >= 15 is 0 Å². The molecule has 1 aliphatic rings. The fraction of sp³-hybridized carbons (Fsp3) is 1.00. The van der Waals surface area contributed by atoms with E-state index in [4.69, 9.17) is 0 Å². The third-order valence-electron chi connectivity index (χ3n) is 1.75. The van der Waals surface area contributed by atoms with Crippen LogP contribution in [0.25, 0.3) is 0 Å². The van der Waals surface area contributed by atoms with Crippen molar-refractivity contribution in [3.63, 3.8) is 0 Å². The van der Waals surface area contributed by atoms with Gasteiger partial charge in [0.05, 0.1) is 25.0 Å². The van der Waals surface area contributed by atoms with Crippen LogP contribution in [-0.2, 0) is 0 Å². The Morgan fingerprint density at radius 1 is 1.12 bits per heavy atom. The lowest BCUT2D eigenvalue weighted by molar-refractivity contribution is 0.752. The quantitative estimate of drug-likeness (QED) is 0.522. The third kappa shape index (κ3) is 2.03. The summed E-state index contributed by atoms with van der Waals surface area (Å²) in [5.41, 5.74) is 0. The minimum Gasteiger partial charge on any atom is -0.0464 e. The fourth-order valence-electron chi connectivity index (χ4n) is 1.17. The lowest BCUT2D eigenvalue weighted by Gasteiger charge is -2.18. The van der Waals surface area contributed by atoms with Crippen LogP contribution in [0.4, 0.5) is 0 Å². The standard InChI is InChI=1S/C6H13BrP/c1-8(7)5-3-2-4-6-8/h2-6H2,1H3/q+1. The monoisotopic (exact) mass is 195 g/mol. The van der Waals surface area contributed by atoms with Gasteiger partial charge in [0.25, 0.3) is 0 Å². The van der Waals surface area contributed by atoms with Crippen molar-refractivity contribution in [2.45, 2.75) is 19.3 Å². The van der Waals surface area contributed by atoms with Crippen LogP contribution in [0.3, 0.4) is 0 Å². The van der Waals surface area contributed by atoms with E-state index in [1.807, 2.05) is 0 Å². The van der Waals surface area contributed by atoms with E-state index in [2.05, 4.69) is 22.2 Å². The van der Waals surface area contributed by atoms with Gasteiger partial charge in [-0.15, -0.1) is 0 Å². The van der Waals surface area contributed by atoms with Gasteiger partial charge < -0.3 is 0 Å². The zero-order valence-electron chi connectivity index (χ0n) is 5.36. The highest BCUT2D eigenvalue weighted by atomic mass is 79.9. The predicted octanol–water partition coefficient (Wildman–Crippen LogP) is 3.13. The molecule has 8 heavy (non-hydrogen) atoms. The zero-order valence-corrected chi connectivity index (χ0v) is 7.84. The smallest absolute Gasteiger partial charge is 0.0464 e. The molecule has 48 valence electrons. The molecular formula is C6H13BrP+. The van der Waals surface area contributed by atoms with E-state index in [9.17, 15) is 0 Å². The van der Waals surface area contributed by atoms with Crippen LogP contribution >= 0.6 is 21.5 Å². The summed E-state index contributed by atoms with van der Waals surface area (Å²) in [7, 11) is 0. The molecule has 0 aromatic rings. The average molecular weight is 196 g/mol. The summed E-state index contributed by atoms with van der Waals surface area (Å²) in [6.07, 6.45) is 7.37. The largest absolute Gasteiger partial charge is 0.138 e. The second-order valence-electron chi connectivity index (χ2n) is 2.77. The van der Waals surface area contributed by atoms with Crippen molar-refractivity contribution in [1.82, 2.24) is 0 Å². The summed E-state index contributed by atoms with van der Waals surface area (Å²) in [6, 6.07) is 0. The second-order valence-corrected chi connectivity index (χ2v) is 11.3. The molecule has 2 heteroatoms. The maximum atomic E-state index is 3.80.